The highest BCUT2D eigenvalue weighted by Gasteiger charge is 2.15. The lowest BCUT2D eigenvalue weighted by Gasteiger charge is -2.07. The van der Waals surface area contributed by atoms with Crippen LogP contribution in [0.2, 0.25) is 0 Å². The Hall–Kier alpha value is -2.11. The molecular formula is C19H20N2O2S. The van der Waals surface area contributed by atoms with Gasteiger partial charge in [0.2, 0.25) is 5.89 Å². The van der Waals surface area contributed by atoms with E-state index < -0.39 is 0 Å². The smallest absolute Gasteiger partial charge is 0.239 e. The molecule has 0 bridgehead atoms. The van der Waals surface area contributed by atoms with Crippen LogP contribution in [0.1, 0.15) is 40.6 Å². The molecule has 0 fully saturated rings. The molecule has 0 aliphatic rings. The number of nitrogens with zero attached hydrogens (tertiary/aromatic N) is 2. The van der Waals surface area contributed by atoms with Gasteiger partial charge in [0.25, 0.3) is 0 Å². The van der Waals surface area contributed by atoms with Crippen LogP contribution in [0.3, 0.4) is 0 Å². The number of aromatic nitrogens is 2. The van der Waals surface area contributed by atoms with Crippen molar-refractivity contribution < 1.29 is 9.63 Å². The third kappa shape index (κ3) is 4.46. The van der Waals surface area contributed by atoms with E-state index in [9.17, 15) is 0 Å². The topological polar surface area (TPSA) is 59.2 Å². The molecule has 5 heteroatoms. The van der Waals surface area contributed by atoms with Gasteiger partial charge in [0.15, 0.2) is 5.82 Å². The Morgan fingerprint density at radius 2 is 1.71 bits per heavy atom. The van der Waals surface area contributed by atoms with E-state index in [4.69, 9.17) is 9.63 Å². The molecule has 1 aromatic heterocycles. The molecule has 3 aromatic rings. The molecule has 2 aromatic carbocycles. The number of aliphatic hydroxyl groups is 1. The quantitative estimate of drug-likeness (QED) is 0.700. The zero-order valence-corrected chi connectivity index (χ0v) is 14.4. The second-order valence-corrected chi connectivity index (χ2v) is 6.97. The van der Waals surface area contributed by atoms with Crippen molar-refractivity contribution in [3.8, 4) is 0 Å². The van der Waals surface area contributed by atoms with Gasteiger partial charge in [-0.3, -0.25) is 0 Å². The van der Waals surface area contributed by atoms with Gasteiger partial charge in [0, 0.05) is 12.2 Å². The van der Waals surface area contributed by atoms with Crippen molar-refractivity contribution in [2.75, 3.05) is 0 Å². The van der Waals surface area contributed by atoms with Gasteiger partial charge in [-0.2, -0.15) is 4.98 Å². The van der Waals surface area contributed by atoms with Gasteiger partial charge in [0.05, 0.1) is 11.9 Å². The first-order valence-electron chi connectivity index (χ1n) is 7.91. The molecule has 1 atom stereocenters. The molecule has 24 heavy (non-hydrogen) atoms. The summed E-state index contributed by atoms with van der Waals surface area (Å²) in [6, 6.07) is 18.1. The molecule has 1 unspecified atom stereocenters. The lowest BCUT2D eigenvalue weighted by Crippen LogP contribution is -1.93. The maximum Gasteiger partial charge on any atom is 0.239 e. The summed E-state index contributed by atoms with van der Waals surface area (Å²) < 4.78 is 5.41. The van der Waals surface area contributed by atoms with E-state index >= 15 is 0 Å². The van der Waals surface area contributed by atoms with Crippen molar-refractivity contribution in [3.05, 3.63) is 83.0 Å². The van der Waals surface area contributed by atoms with Gasteiger partial charge in [-0.1, -0.05) is 59.8 Å². The van der Waals surface area contributed by atoms with Crippen molar-refractivity contribution in [2.24, 2.45) is 0 Å². The lowest BCUT2D eigenvalue weighted by atomic mass is 10.1. The molecule has 4 nitrogen and oxygen atoms in total. The molecule has 0 amide bonds. The number of benzene rings is 2. The Balaban J connectivity index is 1.56. The van der Waals surface area contributed by atoms with Crippen LogP contribution < -0.4 is 0 Å². The van der Waals surface area contributed by atoms with Gasteiger partial charge in [-0.05, 0) is 23.6 Å². The van der Waals surface area contributed by atoms with Crippen LogP contribution in [0.4, 0.5) is 0 Å². The van der Waals surface area contributed by atoms with Gasteiger partial charge < -0.3 is 9.63 Å². The minimum absolute atomic E-state index is 0.0794. The maximum atomic E-state index is 9.07. The van der Waals surface area contributed by atoms with E-state index in [0.29, 0.717) is 12.3 Å². The summed E-state index contributed by atoms with van der Waals surface area (Å²) in [5.41, 5.74) is 3.32. The summed E-state index contributed by atoms with van der Waals surface area (Å²) in [7, 11) is 0. The normalized spacial score (nSPS) is 12.2. The van der Waals surface area contributed by atoms with Crippen molar-refractivity contribution in [1.29, 1.82) is 0 Å². The molecule has 0 spiro atoms. The van der Waals surface area contributed by atoms with Crippen LogP contribution >= 0.6 is 11.8 Å². The van der Waals surface area contributed by atoms with E-state index in [1.165, 1.54) is 11.1 Å². The van der Waals surface area contributed by atoms with Gasteiger partial charge in [-0.15, -0.1) is 11.8 Å². The van der Waals surface area contributed by atoms with Crippen LogP contribution in [0, 0.1) is 0 Å². The number of hydrogen-bond acceptors (Lipinski definition) is 5. The van der Waals surface area contributed by atoms with Crippen molar-refractivity contribution in [1.82, 2.24) is 10.1 Å². The fourth-order valence-electron chi connectivity index (χ4n) is 2.32. The van der Waals surface area contributed by atoms with Gasteiger partial charge >= 0.3 is 0 Å². The van der Waals surface area contributed by atoms with Crippen molar-refractivity contribution in [3.63, 3.8) is 0 Å². The predicted octanol–water partition coefficient (Wildman–Crippen LogP) is 4.15. The van der Waals surface area contributed by atoms with Crippen LogP contribution in [0.25, 0.3) is 0 Å². The first-order chi connectivity index (χ1) is 11.7. The van der Waals surface area contributed by atoms with E-state index in [0.717, 1.165) is 17.1 Å². The molecule has 0 aliphatic carbocycles. The molecule has 1 heterocycles. The Morgan fingerprint density at radius 1 is 1.00 bits per heavy atom. The van der Waals surface area contributed by atoms with Crippen LogP contribution in [0.5, 0.6) is 0 Å². The van der Waals surface area contributed by atoms with Crippen molar-refractivity contribution >= 4 is 11.8 Å². The predicted molar refractivity (Wildman–Crippen MR) is 95.6 cm³/mol. The number of thioether (sulfide) groups is 1. The summed E-state index contributed by atoms with van der Waals surface area (Å²) in [6.07, 6.45) is 0.685. The highest BCUT2D eigenvalue weighted by Crippen LogP contribution is 2.30. The first-order valence-corrected chi connectivity index (χ1v) is 8.96. The molecule has 0 radical (unpaired) electrons. The maximum absolute atomic E-state index is 9.07. The summed E-state index contributed by atoms with van der Waals surface area (Å²) in [4.78, 5) is 4.51. The largest absolute Gasteiger partial charge is 0.392 e. The zero-order valence-electron chi connectivity index (χ0n) is 13.6. The van der Waals surface area contributed by atoms with Gasteiger partial charge in [0.1, 0.15) is 0 Å². The van der Waals surface area contributed by atoms with E-state index in [1.54, 1.807) is 11.8 Å². The second kappa shape index (κ2) is 8.13. The standard InChI is InChI=1S/C19H20N2O2S/c1-14(24-13-17-9-7-16(12-22)8-10-17)19-20-18(21-23-19)11-15-5-3-2-4-6-15/h2-10,14,22H,11-13H2,1H3. The fraction of sp³-hybridized carbons (Fsp3) is 0.263. The molecule has 0 aliphatic heterocycles. The van der Waals surface area contributed by atoms with Gasteiger partial charge in [-0.25, -0.2) is 0 Å². The number of rotatable bonds is 7. The monoisotopic (exact) mass is 340 g/mol. The first kappa shape index (κ1) is 16.7. The Kier molecular flexibility index (Phi) is 5.67. The second-order valence-electron chi connectivity index (χ2n) is 5.64. The fourth-order valence-corrected chi connectivity index (χ4v) is 3.19. The highest BCUT2D eigenvalue weighted by atomic mass is 32.2. The minimum atomic E-state index is 0.0794. The Morgan fingerprint density at radius 3 is 2.42 bits per heavy atom. The molecule has 124 valence electrons. The highest BCUT2D eigenvalue weighted by molar-refractivity contribution is 7.98. The summed E-state index contributed by atoms with van der Waals surface area (Å²) in [6.45, 7) is 2.16. The molecule has 1 N–H and O–H groups in total. The number of hydrogen-bond donors (Lipinski definition) is 1. The summed E-state index contributed by atoms with van der Waals surface area (Å²) in [5, 5.41) is 13.3. The summed E-state index contributed by atoms with van der Waals surface area (Å²) in [5.74, 6) is 2.25. The van der Waals surface area contributed by atoms with Crippen LogP contribution in [-0.2, 0) is 18.8 Å². The lowest BCUT2D eigenvalue weighted by molar-refractivity contribution is 0.282. The minimum Gasteiger partial charge on any atom is -0.392 e. The van der Waals surface area contributed by atoms with Crippen molar-refractivity contribution in [2.45, 2.75) is 31.0 Å². The average Bonchev–Trinajstić information content (AvgIpc) is 3.09. The third-order valence-corrected chi connectivity index (χ3v) is 4.94. The van der Waals surface area contributed by atoms with E-state index in [1.807, 2.05) is 42.5 Å². The third-order valence-electron chi connectivity index (χ3n) is 3.74. The van der Waals surface area contributed by atoms with E-state index in [2.05, 4.69) is 29.2 Å². The molecule has 3 rings (SSSR count). The Bertz CT molecular complexity index is 757. The molecular weight excluding hydrogens is 320 g/mol. The van der Waals surface area contributed by atoms with E-state index in [-0.39, 0.29) is 11.9 Å². The molecule has 0 saturated carbocycles. The number of aliphatic hydroxyl groups excluding tert-OH is 1. The zero-order chi connectivity index (χ0) is 16.8. The van der Waals surface area contributed by atoms with Crippen LogP contribution in [-0.4, -0.2) is 15.2 Å². The summed E-state index contributed by atoms with van der Waals surface area (Å²) >= 11 is 1.76. The Labute approximate surface area is 145 Å². The van der Waals surface area contributed by atoms with Crippen LogP contribution in [0.15, 0.2) is 59.1 Å². The molecule has 0 saturated heterocycles. The SMILES string of the molecule is CC(SCc1ccc(CO)cc1)c1nc(Cc2ccccc2)no1. The average molecular weight is 340 g/mol.